The van der Waals surface area contributed by atoms with E-state index in [-0.39, 0.29) is 17.7 Å². The monoisotopic (exact) mass is 366 g/mol. The number of hydrogen-bond acceptors (Lipinski definition) is 5. The lowest BCUT2D eigenvalue weighted by atomic mass is 10.1. The largest absolute Gasteiger partial charge is 0.336 e. The van der Waals surface area contributed by atoms with Crippen LogP contribution in [-0.4, -0.2) is 33.7 Å². The van der Waals surface area contributed by atoms with Crippen molar-refractivity contribution in [2.24, 2.45) is 5.92 Å². The number of hydrogen-bond donors (Lipinski definition) is 1. The van der Waals surface area contributed by atoms with E-state index in [1.54, 1.807) is 29.6 Å². The van der Waals surface area contributed by atoms with Crippen molar-refractivity contribution in [1.29, 1.82) is 0 Å². The molecular formula is C16H19ClN4O2S. The minimum atomic E-state index is -0.217. The van der Waals surface area contributed by atoms with Crippen LogP contribution >= 0.6 is 22.9 Å². The summed E-state index contributed by atoms with van der Waals surface area (Å²) >= 11 is 6.99. The van der Waals surface area contributed by atoms with E-state index in [9.17, 15) is 9.59 Å². The summed E-state index contributed by atoms with van der Waals surface area (Å²) in [5.74, 6) is -0.0466. The molecule has 0 aliphatic heterocycles. The average Bonchev–Trinajstić information content (AvgIpc) is 2.96. The van der Waals surface area contributed by atoms with Gasteiger partial charge in [0, 0.05) is 31.6 Å². The maximum atomic E-state index is 12.4. The van der Waals surface area contributed by atoms with Gasteiger partial charge in [0.1, 0.15) is 10.8 Å². The zero-order valence-electron chi connectivity index (χ0n) is 13.7. The van der Waals surface area contributed by atoms with Gasteiger partial charge in [-0.25, -0.2) is 9.97 Å². The molecule has 2 heterocycles. The zero-order valence-corrected chi connectivity index (χ0v) is 15.3. The molecule has 0 unspecified atom stereocenters. The SMILES string of the molecule is CC(C)CC(=O)Nc1nc(C(=O)N(C)Cc2ccc(Cl)nc2)cs1. The van der Waals surface area contributed by atoms with E-state index in [4.69, 9.17) is 11.6 Å². The van der Waals surface area contributed by atoms with Gasteiger partial charge in [0.2, 0.25) is 5.91 Å². The molecule has 0 saturated heterocycles. The summed E-state index contributed by atoms with van der Waals surface area (Å²) in [6, 6.07) is 3.50. The molecule has 2 rings (SSSR count). The van der Waals surface area contributed by atoms with E-state index < -0.39 is 0 Å². The minimum Gasteiger partial charge on any atom is -0.336 e. The Labute approximate surface area is 149 Å². The van der Waals surface area contributed by atoms with Crippen molar-refractivity contribution in [3.63, 3.8) is 0 Å². The first-order valence-electron chi connectivity index (χ1n) is 7.46. The van der Waals surface area contributed by atoms with Crippen LogP contribution in [0.15, 0.2) is 23.7 Å². The molecule has 0 radical (unpaired) electrons. The number of thiazole rings is 1. The van der Waals surface area contributed by atoms with Crippen LogP contribution in [0.3, 0.4) is 0 Å². The number of rotatable bonds is 6. The molecule has 0 saturated carbocycles. The van der Waals surface area contributed by atoms with Crippen LogP contribution in [0, 0.1) is 5.92 Å². The molecule has 8 heteroatoms. The molecule has 2 aromatic heterocycles. The molecule has 2 aromatic rings. The third kappa shape index (κ3) is 5.28. The highest BCUT2D eigenvalue weighted by molar-refractivity contribution is 7.14. The molecule has 0 spiro atoms. The van der Waals surface area contributed by atoms with Gasteiger partial charge in [-0.1, -0.05) is 31.5 Å². The van der Waals surface area contributed by atoms with Crippen molar-refractivity contribution >= 4 is 39.9 Å². The molecule has 0 bridgehead atoms. The van der Waals surface area contributed by atoms with E-state index in [1.165, 1.54) is 11.3 Å². The first-order valence-corrected chi connectivity index (χ1v) is 8.72. The van der Waals surface area contributed by atoms with Crippen LogP contribution in [0.2, 0.25) is 5.15 Å². The Morgan fingerprint density at radius 2 is 2.12 bits per heavy atom. The number of nitrogens with one attached hydrogen (secondary N) is 1. The number of amides is 2. The van der Waals surface area contributed by atoms with Gasteiger partial charge in [-0.3, -0.25) is 9.59 Å². The zero-order chi connectivity index (χ0) is 17.7. The minimum absolute atomic E-state index is 0.0982. The number of halogens is 1. The molecule has 128 valence electrons. The van der Waals surface area contributed by atoms with Crippen molar-refractivity contribution < 1.29 is 9.59 Å². The lowest BCUT2D eigenvalue weighted by Crippen LogP contribution is -2.26. The smallest absolute Gasteiger partial charge is 0.273 e. The second kappa shape index (κ2) is 8.21. The summed E-state index contributed by atoms with van der Waals surface area (Å²) in [4.78, 5) is 33.9. The Kier molecular flexibility index (Phi) is 6.28. The third-order valence-corrected chi connectivity index (χ3v) is 4.10. The second-order valence-electron chi connectivity index (χ2n) is 5.83. The van der Waals surface area contributed by atoms with Gasteiger partial charge in [0.25, 0.3) is 5.91 Å². The number of nitrogens with zero attached hydrogens (tertiary/aromatic N) is 3. The number of carbonyl (C=O) groups excluding carboxylic acids is 2. The highest BCUT2D eigenvalue weighted by atomic mass is 35.5. The molecule has 1 N–H and O–H groups in total. The Balaban J connectivity index is 1.96. The van der Waals surface area contributed by atoms with Crippen molar-refractivity contribution in [2.45, 2.75) is 26.8 Å². The van der Waals surface area contributed by atoms with E-state index in [0.717, 1.165) is 5.56 Å². The maximum Gasteiger partial charge on any atom is 0.273 e. The Bertz CT molecular complexity index is 715. The lowest BCUT2D eigenvalue weighted by molar-refractivity contribution is -0.116. The van der Waals surface area contributed by atoms with Crippen LogP contribution in [0.25, 0.3) is 0 Å². The summed E-state index contributed by atoms with van der Waals surface area (Å²) in [7, 11) is 1.69. The molecule has 0 aromatic carbocycles. The molecule has 2 amide bonds. The van der Waals surface area contributed by atoms with Crippen LogP contribution in [-0.2, 0) is 11.3 Å². The molecule has 0 aliphatic rings. The van der Waals surface area contributed by atoms with Crippen molar-refractivity contribution in [3.8, 4) is 0 Å². The molecule has 24 heavy (non-hydrogen) atoms. The normalized spacial score (nSPS) is 10.7. The molecule has 0 fully saturated rings. The fourth-order valence-corrected chi connectivity index (χ4v) is 2.82. The fraction of sp³-hybridized carbons (Fsp3) is 0.375. The van der Waals surface area contributed by atoms with Gasteiger partial charge in [0.15, 0.2) is 5.13 Å². The van der Waals surface area contributed by atoms with Gasteiger partial charge in [-0.2, -0.15) is 0 Å². The van der Waals surface area contributed by atoms with Crippen molar-refractivity contribution in [1.82, 2.24) is 14.9 Å². The van der Waals surface area contributed by atoms with Crippen LogP contribution in [0.4, 0.5) is 5.13 Å². The van der Waals surface area contributed by atoms with Gasteiger partial charge in [-0.15, -0.1) is 11.3 Å². The lowest BCUT2D eigenvalue weighted by Gasteiger charge is -2.15. The van der Waals surface area contributed by atoms with Gasteiger partial charge >= 0.3 is 0 Å². The third-order valence-electron chi connectivity index (χ3n) is 3.12. The molecule has 0 aliphatic carbocycles. The average molecular weight is 367 g/mol. The Hall–Kier alpha value is -1.99. The first kappa shape index (κ1) is 18.4. The molecular weight excluding hydrogens is 348 g/mol. The Morgan fingerprint density at radius 1 is 1.38 bits per heavy atom. The first-order chi connectivity index (χ1) is 11.3. The second-order valence-corrected chi connectivity index (χ2v) is 7.08. The number of aromatic nitrogens is 2. The summed E-state index contributed by atoms with van der Waals surface area (Å²) in [5, 5.41) is 5.21. The summed E-state index contributed by atoms with van der Waals surface area (Å²) < 4.78 is 0. The van der Waals surface area contributed by atoms with E-state index in [0.29, 0.717) is 28.9 Å². The van der Waals surface area contributed by atoms with Crippen molar-refractivity contribution in [3.05, 3.63) is 40.1 Å². The van der Waals surface area contributed by atoms with E-state index in [1.807, 2.05) is 19.9 Å². The van der Waals surface area contributed by atoms with Gasteiger partial charge < -0.3 is 10.2 Å². The number of pyridine rings is 1. The van der Waals surface area contributed by atoms with Gasteiger partial charge in [-0.05, 0) is 17.5 Å². The quantitative estimate of drug-likeness (QED) is 0.794. The summed E-state index contributed by atoms with van der Waals surface area (Å²) in [6.07, 6.45) is 2.05. The van der Waals surface area contributed by atoms with E-state index >= 15 is 0 Å². The molecule has 0 atom stereocenters. The fourth-order valence-electron chi connectivity index (χ4n) is 2.01. The predicted octanol–water partition coefficient (Wildman–Crippen LogP) is 3.45. The number of carbonyl (C=O) groups is 2. The highest BCUT2D eigenvalue weighted by Crippen LogP contribution is 2.18. The van der Waals surface area contributed by atoms with Crippen LogP contribution in [0.1, 0.15) is 36.3 Å². The molecule has 6 nitrogen and oxygen atoms in total. The Morgan fingerprint density at radius 3 is 2.75 bits per heavy atom. The topological polar surface area (TPSA) is 75.2 Å². The summed E-state index contributed by atoms with van der Waals surface area (Å²) in [5.41, 5.74) is 1.18. The van der Waals surface area contributed by atoms with Crippen LogP contribution < -0.4 is 5.32 Å². The van der Waals surface area contributed by atoms with Gasteiger partial charge in [0.05, 0.1) is 0 Å². The highest BCUT2D eigenvalue weighted by Gasteiger charge is 2.17. The number of anilines is 1. The summed E-state index contributed by atoms with van der Waals surface area (Å²) in [6.45, 7) is 4.34. The standard InChI is InChI=1S/C16H19ClN4O2S/c1-10(2)6-14(22)20-16-19-12(9-24-16)15(23)21(3)8-11-4-5-13(17)18-7-11/h4-5,7,9-10H,6,8H2,1-3H3,(H,19,20,22). The van der Waals surface area contributed by atoms with E-state index in [2.05, 4.69) is 15.3 Å². The van der Waals surface area contributed by atoms with Crippen LogP contribution in [0.5, 0.6) is 0 Å². The predicted molar refractivity (Wildman–Crippen MR) is 95.2 cm³/mol. The van der Waals surface area contributed by atoms with Crippen molar-refractivity contribution in [2.75, 3.05) is 12.4 Å². The maximum absolute atomic E-state index is 12.4.